The predicted octanol–water partition coefficient (Wildman–Crippen LogP) is 4.46. The van der Waals surface area contributed by atoms with E-state index in [-0.39, 0.29) is 18.4 Å². The van der Waals surface area contributed by atoms with Crippen LogP contribution in [0.25, 0.3) is 0 Å². The summed E-state index contributed by atoms with van der Waals surface area (Å²) in [7, 11) is 1.48. The summed E-state index contributed by atoms with van der Waals surface area (Å²) in [5, 5.41) is 6.03. The Hall–Kier alpha value is -3.84. The summed E-state index contributed by atoms with van der Waals surface area (Å²) >= 11 is 6.00. The largest absolute Gasteiger partial charge is 0.496 e. The maximum Gasteiger partial charge on any atom is 0.308 e. The van der Waals surface area contributed by atoms with Crippen molar-refractivity contribution in [2.24, 2.45) is 0 Å². The zero-order valence-corrected chi connectivity index (χ0v) is 18.2. The molecule has 0 aliphatic heterocycles. The number of ether oxygens (including phenoxy) is 2. The maximum atomic E-state index is 12.7. The number of methoxy groups -OCH3 is 1. The molecule has 0 bridgehead atoms. The summed E-state index contributed by atoms with van der Waals surface area (Å²) < 4.78 is 10.2. The van der Waals surface area contributed by atoms with Gasteiger partial charge >= 0.3 is 5.97 Å². The normalized spacial score (nSPS) is 10.2. The lowest BCUT2D eigenvalue weighted by Gasteiger charge is -2.11. The third kappa shape index (κ3) is 6.09. The SMILES string of the molecule is COc1ccc(Cl)cc1C(=O)Nc1cccc(CNC(=O)c2cccc(OC(C)=O)c2)c1. The molecule has 0 radical (unpaired) electrons. The summed E-state index contributed by atoms with van der Waals surface area (Å²) in [6, 6.07) is 18.2. The first-order valence-corrected chi connectivity index (χ1v) is 10.0. The highest BCUT2D eigenvalue weighted by Gasteiger charge is 2.14. The van der Waals surface area contributed by atoms with Crippen molar-refractivity contribution in [3.8, 4) is 11.5 Å². The first-order valence-electron chi connectivity index (χ1n) is 9.66. The van der Waals surface area contributed by atoms with Gasteiger partial charge in [0.25, 0.3) is 11.8 Å². The van der Waals surface area contributed by atoms with Gasteiger partial charge in [0.2, 0.25) is 0 Å². The van der Waals surface area contributed by atoms with Gasteiger partial charge in [-0.2, -0.15) is 0 Å². The van der Waals surface area contributed by atoms with Gasteiger partial charge in [-0.05, 0) is 54.1 Å². The zero-order valence-electron chi connectivity index (χ0n) is 17.5. The molecule has 3 aromatic carbocycles. The number of esters is 1. The number of carbonyl (C=O) groups is 3. The van der Waals surface area contributed by atoms with Gasteiger partial charge in [0, 0.05) is 29.7 Å². The number of anilines is 1. The van der Waals surface area contributed by atoms with Crippen molar-refractivity contribution in [2.75, 3.05) is 12.4 Å². The minimum atomic E-state index is -0.461. The van der Waals surface area contributed by atoms with Gasteiger partial charge in [0.05, 0.1) is 12.7 Å². The highest BCUT2D eigenvalue weighted by atomic mass is 35.5. The Bertz CT molecular complexity index is 1160. The van der Waals surface area contributed by atoms with Gasteiger partial charge in [-0.1, -0.05) is 29.8 Å². The maximum absolute atomic E-state index is 12.7. The second kappa shape index (κ2) is 10.5. The molecule has 3 aromatic rings. The van der Waals surface area contributed by atoms with Crippen LogP contribution in [0.2, 0.25) is 5.02 Å². The molecule has 0 aromatic heterocycles. The van der Waals surface area contributed by atoms with E-state index in [1.54, 1.807) is 48.5 Å². The Balaban J connectivity index is 1.65. The number of amides is 2. The fourth-order valence-electron chi connectivity index (χ4n) is 2.97. The highest BCUT2D eigenvalue weighted by Crippen LogP contribution is 2.24. The average Bonchev–Trinajstić information content (AvgIpc) is 2.77. The number of halogens is 1. The molecule has 2 amide bonds. The molecule has 0 aliphatic rings. The number of nitrogens with one attached hydrogen (secondary N) is 2. The molecule has 32 heavy (non-hydrogen) atoms. The molecule has 0 spiro atoms. The average molecular weight is 453 g/mol. The Morgan fingerprint density at radius 2 is 1.72 bits per heavy atom. The van der Waals surface area contributed by atoms with Crippen LogP contribution in [0.1, 0.15) is 33.2 Å². The van der Waals surface area contributed by atoms with Gasteiger partial charge in [-0.25, -0.2) is 0 Å². The smallest absolute Gasteiger partial charge is 0.308 e. The van der Waals surface area contributed by atoms with Gasteiger partial charge in [-0.3, -0.25) is 14.4 Å². The van der Waals surface area contributed by atoms with Gasteiger partial charge in [0.15, 0.2) is 0 Å². The van der Waals surface area contributed by atoms with Crippen molar-refractivity contribution in [3.63, 3.8) is 0 Å². The Kier molecular flexibility index (Phi) is 7.46. The molecule has 0 aliphatic carbocycles. The number of benzene rings is 3. The van der Waals surface area contributed by atoms with Crippen LogP contribution in [-0.4, -0.2) is 24.9 Å². The Morgan fingerprint density at radius 3 is 2.47 bits per heavy atom. The molecule has 0 saturated carbocycles. The predicted molar refractivity (Wildman–Crippen MR) is 121 cm³/mol. The molecular weight excluding hydrogens is 432 g/mol. The number of hydrogen-bond donors (Lipinski definition) is 2. The second-order valence-corrected chi connectivity index (χ2v) is 7.24. The van der Waals surface area contributed by atoms with Crippen LogP contribution in [0, 0.1) is 0 Å². The molecule has 7 nitrogen and oxygen atoms in total. The molecule has 3 rings (SSSR count). The van der Waals surface area contributed by atoms with E-state index < -0.39 is 5.97 Å². The number of rotatable bonds is 7. The molecule has 0 saturated heterocycles. The summed E-state index contributed by atoms with van der Waals surface area (Å²) in [5.74, 6) is -0.445. The second-order valence-electron chi connectivity index (χ2n) is 6.80. The van der Waals surface area contributed by atoms with E-state index in [1.165, 1.54) is 26.2 Å². The lowest BCUT2D eigenvalue weighted by molar-refractivity contribution is -0.131. The molecule has 0 unspecified atom stereocenters. The first-order chi connectivity index (χ1) is 15.4. The van der Waals surface area contributed by atoms with E-state index in [0.717, 1.165) is 5.56 Å². The van der Waals surface area contributed by atoms with Crippen LogP contribution >= 0.6 is 11.6 Å². The van der Waals surface area contributed by atoms with Crippen molar-refractivity contribution in [1.29, 1.82) is 0 Å². The van der Waals surface area contributed by atoms with E-state index in [9.17, 15) is 14.4 Å². The van der Waals surface area contributed by atoms with Crippen LogP contribution in [0.15, 0.2) is 66.7 Å². The monoisotopic (exact) mass is 452 g/mol. The molecule has 164 valence electrons. The van der Waals surface area contributed by atoms with Crippen LogP contribution < -0.4 is 20.1 Å². The van der Waals surface area contributed by atoms with Crippen molar-refractivity contribution >= 4 is 35.1 Å². The molecule has 2 N–H and O–H groups in total. The van der Waals surface area contributed by atoms with Gasteiger partial charge in [0.1, 0.15) is 11.5 Å². The number of hydrogen-bond acceptors (Lipinski definition) is 5. The summed E-state index contributed by atoms with van der Waals surface area (Å²) in [4.78, 5) is 36.2. The molecule has 0 heterocycles. The van der Waals surface area contributed by atoms with E-state index >= 15 is 0 Å². The third-order valence-corrected chi connectivity index (χ3v) is 4.64. The van der Waals surface area contributed by atoms with Crippen molar-refractivity contribution in [2.45, 2.75) is 13.5 Å². The molecular formula is C24H21ClN2O5. The van der Waals surface area contributed by atoms with E-state index in [4.69, 9.17) is 21.1 Å². The molecule has 8 heteroatoms. The van der Waals surface area contributed by atoms with Crippen molar-refractivity contribution < 1.29 is 23.9 Å². The molecule has 0 fully saturated rings. The summed E-state index contributed by atoms with van der Waals surface area (Å²) in [5.41, 5.74) is 2.01. The number of carbonyl (C=O) groups excluding carboxylic acids is 3. The van der Waals surface area contributed by atoms with Gasteiger partial charge in [-0.15, -0.1) is 0 Å². The Labute approximate surface area is 190 Å². The lowest BCUT2D eigenvalue weighted by Crippen LogP contribution is -2.23. The van der Waals surface area contributed by atoms with Crippen LogP contribution in [-0.2, 0) is 11.3 Å². The van der Waals surface area contributed by atoms with Gasteiger partial charge < -0.3 is 20.1 Å². The van der Waals surface area contributed by atoms with E-state index in [2.05, 4.69) is 10.6 Å². The van der Waals surface area contributed by atoms with E-state index in [1.807, 2.05) is 6.07 Å². The minimum absolute atomic E-state index is 0.237. The van der Waals surface area contributed by atoms with Crippen molar-refractivity contribution in [1.82, 2.24) is 5.32 Å². The highest BCUT2D eigenvalue weighted by molar-refractivity contribution is 6.31. The summed E-state index contributed by atoms with van der Waals surface area (Å²) in [6.45, 7) is 1.53. The first kappa shape index (κ1) is 22.8. The van der Waals surface area contributed by atoms with Crippen LogP contribution in [0.5, 0.6) is 11.5 Å². The topological polar surface area (TPSA) is 93.7 Å². The standard InChI is InChI=1S/C24H21ClN2O5/c1-15(28)32-20-8-4-6-17(12-20)23(29)26-14-16-5-3-7-19(11-16)27-24(30)21-13-18(25)9-10-22(21)31-2/h3-13H,14H2,1-2H3,(H,26,29)(H,27,30). The molecule has 0 atom stereocenters. The fourth-order valence-corrected chi connectivity index (χ4v) is 3.14. The minimum Gasteiger partial charge on any atom is -0.496 e. The third-order valence-electron chi connectivity index (χ3n) is 4.40. The van der Waals surface area contributed by atoms with E-state index in [0.29, 0.717) is 33.3 Å². The zero-order chi connectivity index (χ0) is 23.1. The van der Waals surface area contributed by atoms with Crippen LogP contribution in [0.4, 0.5) is 5.69 Å². The fraction of sp³-hybridized carbons (Fsp3) is 0.125. The van der Waals surface area contributed by atoms with Crippen LogP contribution in [0.3, 0.4) is 0 Å². The summed E-state index contributed by atoms with van der Waals surface area (Å²) in [6.07, 6.45) is 0. The quantitative estimate of drug-likeness (QED) is 0.408. The van der Waals surface area contributed by atoms with Crippen molar-refractivity contribution in [3.05, 3.63) is 88.4 Å². The Morgan fingerprint density at radius 1 is 0.938 bits per heavy atom. The lowest BCUT2D eigenvalue weighted by atomic mass is 10.1.